The highest BCUT2D eigenvalue weighted by atomic mass is 32.1. The van der Waals surface area contributed by atoms with Gasteiger partial charge in [-0.25, -0.2) is 4.39 Å². The molecule has 7 heteroatoms. The Kier molecular flexibility index (Phi) is 3.96. The van der Waals surface area contributed by atoms with Crippen LogP contribution in [0.1, 0.15) is 34.6 Å². The maximum Gasteiger partial charge on any atom is 0.268 e. The van der Waals surface area contributed by atoms with Gasteiger partial charge in [-0.05, 0) is 67.9 Å². The molecule has 5 nitrogen and oxygen atoms in total. The molecule has 24 heavy (non-hydrogen) atoms. The van der Waals surface area contributed by atoms with Crippen LogP contribution in [0.15, 0.2) is 24.3 Å². The number of fused-ring (bicyclic) bond motifs is 2. The van der Waals surface area contributed by atoms with Crippen LogP contribution in [0.3, 0.4) is 0 Å². The molecule has 4 rings (SSSR count). The van der Waals surface area contributed by atoms with Crippen LogP contribution in [0, 0.1) is 18.7 Å². The fourth-order valence-electron chi connectivity index (χ4n) is 3.88. The lowest BCUT2D eigenvalue weighted by Gasteiger charge is -2.34. The van der Waals surface area contributed by atoms with E-state index in [1.807, 2.05) is 11.8 Å². The van der Waals surface area contributed by atoms with E-state index < -0.39 is 0 Å². The molecule has 2 aromatic rings. The number of ether oxygens (including phenoxy) is 1. The summed E-state index contributed by atoms with van der Waals surface area (Å²) in [5, 5.41) is 3.95. The van der Waals surface area contributed by atoms with Crippen molar-refractivity contribution in [2.24, 2.45) is 5.92 Å². The smallest absolute Gasteiger partial charge is 0.268 e. The number of likely N-dealkylation sites (tertiary alicyclic amines) is 1. The molecule has 1 saturated heterocycles. The van der Waals surface area contributed by atoms with E-state index in [9.17, 15) is 9.18 Å². The third-order valence-corrected chi connectivity index (χ3v) is 5.87. The molecular weight excluding hydrogens is 329 g/mol. The van der Waals surface area contributed by atoms with Crippen molar-refractivity contribution < 1.29 is 13.9 Å². The summed E-state index contributed by atoms with van der Waals surface area (Å²) in [7, 11) is 0. The number of piperidine rings is 1. The van der Waals surface area contributed by atoms with Crippen molar-refractivity contribution in [3.8, 4) is 5.75 Å². The zero-order valence-electron chi connectivity index (χ0n) is 13.3. The first-order chi connectivity index (χ1) is 11.6. The third-order valence-electron chi connectivity index (χ3n) is 5.06. The molecule has 0 unspecified atom stereocenters. The molecule has 2 aliphatic rings. The number of hydrogen-bond donors (Lipinski definition) is 0. The maximum atomic E-state index is 13.0. The zero-order chi connectivity index (χ0) is 16.7. The zero-order valence-corrected chi connectivity index (χ0v) is 14.1. The van der Waals surface area contributed by atoms with E-state index >= 15 is 0 Å². The molecule has 0 spiro atoms. The Balaban J connectivity index is 1.51. The van der Waals surface area contributed by atoms with Crippen molar-refractivity contribution in [3.05, 3.63) is 40.7 Å². The Labute approximate surface area is 143 Å². The summed E-state index contributed by atoms with van der Waals surface area (Å²) in [6.45, 7) is 2.25. The van der Waals surface area contributed by atoms with E-state index in [-0.39, 0.29) is 23.8 Å². The normalized spacial score (nSPS) is 25.2. The standard InChI is InChI=1S/C17H18FN3O2S/c1-10-16(24-20-19-10)17(22)21-13-5-2-11(8-13)15(21)9-23-14-6-3-12(18)4-7-14/h3-4,6-7,11,13,15H,2,5,8-9H2,1H3/t11-,13-,15-/m1/s1. The highest BCUT2D eigenvalue weighted by Crippen LogP contribution is 2.43. The van der Waals surface area contributed by atoms with Gasteiger partial charge in [0.15, 0.2) is 0 Å². The average molecular weight is 347 g/mol. The number of carbonyl (C=O) groups is 1. The first-order valence-corrected chi connectivity index (χ1v) is 8.91. The van der Waals surface area contributed by atoms with E-state index in [4.69, 9.17) is 4.74 Å². The van der Waals surface area contributed by atoms with Crippen LogP contribution in [0.25, 0.3) is 0 Å². The van der Waals surface area contributed by atoms with E-state index in [2.05, 4.69) is 9.59 Å². The van der Waals surface area contributed by atoms with Crippen LogP contribution in [-0.2, 0) is 0 Å². The van der Waals surface area contributed by atoms with Gasteiger partial charge in [0.1, 0.15) is 23.1 Å². The molecule has 1 aliphatic carbocycles. The second-order valence-electron chi connectivity index (χ2n) is 6.46. The lowest BCUT2D eigenvalue weighted by Crippen LogP contribution is -2.47. The van der Waals surface area contributed by atoms with Gasteiger partial charge >= 0.3 is 0 Å². The number of nitrogens with zero attached hydrogens (tertiary/aromatic N) is 3. The van der Waals surface area contributed by atoms with E-state index in [1.165, 1.54) is 12.1 Å². The number of rotatable bonds is 4. The summed E-state index contributed by atoms with van der Waals surface area (Å²) in [6, 6.07) is 6.34. The molecule has 2 heterocycles. The fraction of sp³-hybridized carbons (Fsp3) is 0.471. The molecule has 126 valence electrons. The number of amides is 1. The molecule has 1 aromatic heterocycles. The third kappa shape index (κ3) is 2.66. The lowest BCUT2D eigenvalue weighted by molar-refractivity contribution is 0.0509. The molecule has 1 amide bonds. The van der Waals surface area contributed by atoms with Gasteiger partial charge in [-0.2, -0.15) is 0 Å². The second-order valence-corrected chi connectivity index (χ2v) is 7.21. The number of aromatic nitrogens is 2. The molecule has 2 bridgehead atoms. The van der Waals surface area contributed by atoms with Crippen molar-refractivity contribution in [2.45, 2.75) is 38.3 Å². The number of carbonyl (C=O) groups excluding carboxylic acids is 1. The van der Waals surface area contributed by atoms with Gasteiger partial charge in [-0.1, -0.05) is 4.49 Å². The van der Waals surface area contributed by atoms with Crippen LogP contribution >= 0.6 is 11.5 Å². The van der Waals surface area contributed by atoms with E-state index in [1.54, 1.807) is 12.1 Å². The first-order valence-electron chi connectivity index (χ1n) is 8.13. The Morgan fingerprint density at radius 1 is 1.38 bits per heavy atom. The minimum absolute atomic E-state index is 0.0161. The van der Waals surface area contributed by atoms with Crippen molar-refractivity contribution in [3.63, 3.8) is 0 Å². The molecule has 2 fully saturated rings. The van der Waals surface area contributed by atoms with Gasteiger partial charge in [-0.3, -0.25) is 4.79 Å². The Morgan fingerprint density at radius 2 is 2.17 bits per heavy atom. The van der Waals surface area contributed by atoms with E-state index in [0.717, 1.165) is 30.8 Å². The average Bonchev–Trinajstić information content (AvgIpc) is 3.29. The van der Waals surface area contributed by atoms with Crippen LogP contribution in [0.2, 0.25) is 0 Å². The van der Waals surface area contributed by atoms with Crippen LogP contribution in [0.5, 0.6) is 5.75 Å². The molecule has 1 saturated carbocycles. The summed E-state index contributed by atoms with van der Waals surface area (Å²) in [4.78, 5) is 15.5. The Morgan fingerprint density at radius 3 is 2.88 bits per heavy atom. The Bertz CT molecular complexity index is 749. The predicted octanol–water partition coefficient (Wildman–Crippen LogP) is 3.06. The summed E-state index contributed by atoms with van der Waals surface area (Å²) in [6.07, 6.45) is 3.22. The number of hydrogen-bond acceptors (Lipinski definition) is 5. The lowest BCUT2D eigenvalue weighted by atomic mass is 9.99. The molecule has 3 atom stereocenters. The molecule has 1 aliphatic heterocycles. The summed E-state index contributed by atoms with van der Waals surface area (Å²) >= 11 is 1.16. The highest BCUT2D eigenvalue weighted by molar-refractivity contribution is 7.07. The fourth-order valence-corrected chi connectivity index (χ4v) is 4.48. The topological polar surface area (TPSA) is 55.3 Å². The van der Waals surface area contributed by atoms with Gasteiger partial charge in [0.25, 0.3) is 5.91 Å². The molecule has 1 aromatic carbocycles. The molecule has 0 radical (unpaired) electrons. The van der Waals surface area contributed by atoms with Gasteiger partial charge in [0.05, 0.1) is 11.7 Å². The van der Waals surface area contributed by atoms with Crippen LogP contribution in [0.4, 0.5) is 4.39 Å². The highest BCUT2D eigenvalue weighted by Gasteiger charge is 2.49. The maximum absolute atomic E-state index is 13.0. The van der Waals surface area contributed by atoms with Crippen LogP contribution < -0.4 is 4.74 Å². The predicted molar refractivity (Wildman–Crippen MR) is 87.6 cm³/mol. The molecule has 0 N–H and O–H groups in total. The second kappa shape index (κ2) is 6.12. The van der Waals surface area contributed by atoms with E-state index in [0.29, 0.717) is 28.8 Å². The summed E-state index contributed by atoms with van der Waals surface area (Å²) in [5.41, 5.74) is 0.686. The number of aryl methyl sites for hydroxylation is 1. The summed E-state index contributed by atoms with van der Waals surface area (Å²) < 4.78 is 22.7. The minimum atomic E-state index is -0.285. The van der Waals surface area contributed by atoms with Crippen molar-refractivity contribution in [1.82, 2.24) is 14.5 Å². The monoisotopic (exact) mass is 347 g/mol. The first kappa shape index (κ1) is 15.5. The van der Waals surface area contributed by atoms with Gasteiger partial charge in [0, 0.05) is 6.04 Å². The van der Waals surface area contributed by atoms with Crippen molar-refractivity contribution >= 4 is 17.4 Å². The van der Waals surface area contributed by atoms with Crippen molar-refractivity contribution in [1.29, 1.82) is 0 Å². The van der Waals surface area contributed by atoms with Gasteiger partial charge < -0.3 is 9.64 Å². The molecular formula is C17H18FN3O2S. The largest absolute Gasteiger partial charge is 0.491 e. The number of benzene rings is 1. The van der Waals surface area contributed by atoms with Gasteiger partial charge in [0.2, 0.25) is 0 Å². The van der Waals surface area contributed by atoms with Crippen LogP contribution in [-0.4, -0.2) is 39.1 Å². The van der Waals surface area contributed by atoms with Crippen molar-refractivity contribution in [2.75, 3.05) is 6.61 Å². The quantitative estimate of drug-likeness (QED) is 0.853. The SMILES string of the molecule is Cc1nnsc1C(=O)N1[C@@H]2CC[C@H](C2)[C@H]1COc1ccc(F)cc1. The number of halogens is 1. The van der Waals surface area contributed by atoms with Gasteiger partial charge in [-0.15, -0.1) is 5.10 Å². The summed E-state index contributed by atoms with van der Waals surface area (Å²) in [5.74, 6) is 0.831. The minimum Gasteiger partial charge on any atom is -0.491 e. The Hall–Kier alpha value is -2.02.